The lowest BCUT2D eigenvalue weighted by Gasteiger charge is -2.30. The zero-order valence-corrected chi connectivity index (χ0v) is 13.7. The first kappa shape index (κ1) is 16.4. The lowest BCUT2D eigenvalue weighted by Crippen LogP contribution is -2.50. The van der Waals surface area contributed by atoms with Crippen molar-refractivity contribution >= 4 is 23.4 Å². The van der Waals surface area contributed by atoms with Gasteiger partial charge in [0.05, 0.1) is 5.69 Å². The maximum Gasteiger partial charge on any atom is 0.251 e. The average Bonchev–Trinajstić information content (AvgIpc) is 2.59. The topological polar surface area (TPSA) is 90.5 Å². The summed E-state index contributed by atoms with van der Waals surface area (Å²) in [5.74, 6) is -0.0316. The third-order valence-corrected chi connectivity index (χ3v) is 4.58. The number of anilines is 1. The highest BCUT2D eigenvalue weighted by Gasteiger charge is 2.25. The fourth-order valence-corrected chi connectivity index (χ4v) is 2.98. The third kappa shape index (κ3) is 3.56. The van der Waals surface area contributed by atoms with Gasteiger partial charge in [0.2, 0.25) is 11.8 Å². The molecule has 0 spiro atoms. The third-order valence-electron chi connectivity index (χ3n) is 4.58. The molecule has 7 nitrogen and oxygen atoms in total. The molecule has 2 aliphatic rings. The Hall–Kier alpha value is -2.41. The molecule has 0 saturated carbocycles. The monoisotopic (exact) mass is 330 g/mol. The highest BCUT2D eigenvalue weighted by atomic mass is 16.2. The first-order valence-corrected chi connectivity index (χ1v) is 8.28. The van der Waals surface area contributed by atoms with Gasteiger partial charge in [-0.05, 0) is 43.1 Å². The number of hydrogen-bond donors (Lipinski definition) is 3. The van der Waals surface area contributed by atoms with E-state index in [9.17, 15) is 14.4 Å². The van der Waals surface area contributed by atoms with E-state index in [2.05, 4.69) is 23.0 Å². The van der Waals surface area contributed by atoms with Gasteiger partial charge in [-0.3, -0.25) is 19.8 Å². The second kappa shape index (κ2) is 7.00. The SMILES string of the molecule is CC1CCNCC1NC(=O)c1ccc(N2NC(=O)CCC2=O)cc1. The Morgan fingerprint density at radius 2 is 1.96 bits per heavy atom. The van der Waals surface area contributed by atoms with Crippen LogP contribution in [0, 0.1) is 5.92 Å². The van der Waals surface area contributed by atoms with Crippen molar-refractivity contribution in [1.29, 1.82) is 0 Å². The van der Waals surface area contributed by atoms with Gasteiger partial charge in [0.25, 0.3) is 5.91 Å². The average molecular weight is 330 g/mol. The summed E-state index contributed by atoms with van der Waals surface area (Å²) < 4.78 is 0. The Labute approximate surface area is 140 Å². The minimum atomic E-state index is -0.185. The first-order chi connectivity index (χ1) is 11.5. The number of amides is 3. The van der Waals surface area contributed by atoms with E-state index in [-0.39, 0.29) is 36.6 Å². The molecule has 1 aromatic carbocycles. The molecule has 24 heavy (non-hydrogen) atoms. The number of hydrogen-bond acceptors (Lipinski definition) is 4. The molecule has 3 rings (SSSR count). The minimum Gasteiger partial charge on any atom is -0.348 e. The molecule has 2 saturated heterocycles. The van der Waals surface area contributed by atoms with Gasteiger partial charge in [0.1, 0.15) is 0 Å². The van der Waals surface area contributed by atoms with Crippen LogP contribution >= 0.6 is 0 Å². The van der Waals surface area contributed by atoms with Gasteiger partial charge in [-0.25, -0.2) is 5.01 Å². The van der Waals surface area contributed by atoms with Crippen LogP contribution in [0.1, 0.15) is 36.5 Å². The summed E-state index contributed by atoms with van der Waals surface area (Å²) in [4.78, 5) is 35.7. The molecule has 0 aliphatic carbocycles. The van der Waals surface area contributed by atoms with Crippen molar-refractivity contribution in [2.45, 2.75) is 32.2 Å². The summed E-state index contributed by atoms with van der Waals surface area (Å²) >= 11 is 0. The molecule has 2 atom stereocenters. The fourth-order valence-electron chi connectivity index (χ4n) is 2.98. The molecule has 0 bridgehead atoms. The van der Waals surface area contributed by atoms with Crippen LogP contribution < -0.4 is 21.1 Å². The van der Waals surface area contributed by atoms with Crippen molar-refractivity contribution in [2.24, 2.45) is 5.92 Å². The minimum absolute atomic E-state index is 0.119. The lowest BCUT2D eigenvalue weighted by molar-refractivity contribution is -0.130. The maximum atomic E-state index is 12.4. The second-order valence-corrected chi connectivity index (χ2v) is 6.36. The highest BCUT2D eigenvalue weighted by Crippen LogP contribution is 2.18. The van der Waals surface area contributed by atoms with E-state index >= 15 is 0 Å². The second-order valence-electron chi connectivity index (χ2n) is 6.36. The quantitative estimate of drug-likeness (QED) is 0.756. The summed E-state index contributed by atoms with van der Waals surface area (Å²) in [5, 5.41) is 7.57. The zero-order chi connectivity index (χ0) is 17.1. The summed E-state index contributed by atoms with van der Waals surface area (Å²) in [5.41, 5.74) is 3.63. The van der Waals surface area contributed by atoms with E-state index in [0.29, 0.717) is 17.2 Å². The van der Waals surface area contributed by atoms with Crippen molar-refractivity contribution in [3.8, 4) is 0 Å². The maximum absolute atomic E-state index is 12.4. The van der Waals surface area contributed by atoms with E-state index in [1.165, 1.54) is 5.01 Å². The van der Waals surface area contributed by atoms with E-state index in [1.807, 2.05) is 0 Å². The zero-order valence-electron chi connectivity index (χ0n) is 13.7. The van der Waals surface area contributed by atoms with Gasteiger partial charge in [0, 0.05) is 31.0 Å². The molecule has 7 heteroatoms. The molecule has 0 aromatic heterocycles. The van der Waals surface area contributed by atoms with Crippen LogP contribution in [0.5, 0.6) is 0 Å². The fraction of sp³-hybridized carbons (Fsp3) is 0.471. The Kier molecular flexibility index (Phi) is 4.80. The predicted molar refractivity (Wildman–Crippen MR) is 89.2 cm³/mol. The lowest BCUT2D eigenvalue weighted by atomic mass is 9.94. The molecular weight excluding hydrogens is 308 g/mol. The smallest absolute Gasteiger partial charge is 0.251 e. The number of piperidine rings is 1. The molecule has 3 amide bonds. The molecule has 2 aliphatic heterocycles. The standard InChI is InChI=1S/C17H22N4O3/c1-11-8-9-18-10-14(11)19-17(24)12-2-4-13(5-3-12)21-16(23)7-6-15(22)20-21/h2-5,11,14,18H,6-10H2,1H3,(H,19,24)(H,20,22). The van der Waals surface area contributed by atoms with Gasteiger partial charge in [0.15, 0.2) is 0 Å². The molecule has 3 N–H and O–H groups in total. The molecule has 2 fully saturated rings. The van der Waals surface area contributed by atoms with Crippen LogP contribution in [-0.2, 0) is 9.59 Å². The molecule has 0 radical (unpaired) electrons. The van der Waals surface area contributed by atoms with Crippen LogP contribution in [0.2, 0.25) is 0 Å². The Bertz CT molecular complexity index is 644. The molecular formula is C17H22N4O3. The van der Waals surface area contributed by atoms with Crippen LogP contribution in [0.4, 0.5) is 5.69 Å². The van der Waals surface area contributed by atoms with Crippen LogP contribution in [0.3, 0.4) is 0 Å². The number of carbonyl (C=O) groups excluding carboxylic acids is 3. The number of benzene rings is 1. The number of rotatable bonds is 3. The van der Waals surface area contributed by atoms with Crippen molar-refractivity contribution in [2.75, 3.05) is 18.1 Å². The number of nitrogens with one attached hydrogen (secondary N) is 3. The number of carbonyl (C=O) groups is 3. The van der Waals surface area contributed by atoms with E-state index in [1.54, 1.807) is 24.3 Å². The molecule has 2 heterocycles. The van der Waals surface area contributed by atoms with Gasteiger partial charge in [-0.2, -0.15) is 0 Å². The van der Waals surface area contributed by atoms with Gasteiger partial charge >= 0.3 is 0 Å². The van der Waals surface area contributed by atoms with Crippen molar-refractivity contribution in [1.82, 2.24) is 16.1 Å². The molecule has 1 aromatic rings. The van der Waals surface area contributed by atoms with E-state index in [0.717, 1.165) is 19.5 Å². The van der Waals surface area contributed by atoms with Gasteiger partial charge < -0.3 is 10.6 Å². The predicted octanol–water partition coefficient (Wildman–Crippen LogP) is 0.572. The largest absolute Gasteiger partial charge is 0.348 e. The summed E-state index contributed by atoms with van der Waals surface area (Å²) in [6, 6.07) is 6.79. The van der Waals surface area contributed by atoms with Crippen LogP contribution in [0.15, 0.2) is 24.3 Å². The van der Waals surface area contributed by atoms with Crippen molar-refractivity contribution in [3.63, 3.8) is 0 Å². The van der Waals surface area contributed by atoms with Gasteiger partial charge in [-0.15, -0.1) is 0 Å². The van der Waals surface area contributed by atoms with E-state index in [4.69, 9.17) is 0 Å². The van der Waals surface area contributed by atoms with Crippen LogP contribution in [-0.4, -0.2) is 36.9 Å². The van der Waals surface area contributed by atoms with Gasteiger partial charge in [-0.1, -0.05) is 6.92 Å². The number of nitrogens with zero attached hydrogens (tertiary/aromatic N) is 1. The Balaban J connectivity index is 1.66. The highest BCUT2D eigenvalue weighted by molar-refractivity contribution is 6.01. The van der Waals surface area contributed by atoms with Crippen molar-refractivity contribution in [3.05, 3.63) is 29.8 Å². The van der Waals surface area contributed by atoms with E-state index < -0.39 is 0 Å². The normalized spacial score (nSPS) is 24.5. The Morgan fingerprint density at radius 3 is 2.67 bits per heavy atom. The Morgan fingerprint density at radius 1 is 1.21 bits per heavy atom. The van der Waals surface area contributed by atoms with Crippen LogP contribution in [0.25, 0.3) is 0 Å². The summed E-state index contributed by atoms with van der Waals surface area (Å²) in [6.45, 7) is 3.90. The summed E-state index contributed by atoms with van der Waals surface area (Å²) in [7, 11) is 0. The first-order valence-electron chi connectivity index (χ1n) is 8.28. The summed E-state index contributed by atoms with van der Waals surface area (Å²) in [6.07, 6.45) is 1.45. The number of hydrazine groups is 1. The van der Waals surface area contributed by atoms with Crippen molar-refractivity contribution < 1.29 is 14.4 Å². The molecule has 2 unspecified atom stereocenters. The molecule has 128 valence electrons.